The highest BCUT2D eigenvalue weighted by Crippen LogP contribution is 2.27. The fraction of sp³-hybridized carbons (Fsp3) is 0.121. The van der Waals surface area contributed by atoms with Crippen LogP contribution >= 0.6 is 11.8 Å². The van der Waals surface area contributed by atoms with Gasteiger partial charge in [0.1, 0.15) is 17.3 Å². The molecule has 0 radical (unpaired) electrons. The van der Waals surface area contributed by atoms with Crippen LogP contribution < -0.4 is 20.7 Å². The average Bonchev–Trinajstić information content (AvgIpc) is 2.99. The molecule has 7 nitrogen and oxygen atoms in total. The van der Waals surface area contributed by atoms with Crippen molar-refractivity contribution in [1.29, 1.82) is 0 Å². The fourth-order valence-electron chi connectivity index (χ4n) is 3.82. The summed E-state index contributed by atoms with van der Waals surface area (Å²) in [4.78, 5) is 39.7. The molecule has 0 aliphatic carbocycles. The Morgan fingerprint density at radius 3 is 2.26 bits per heavy atom. The van der Waals surface area contributed by atoms with Crippen molar-refractivity contribution in [3.05, 3.63) is 126 Å². The molecule has 0 aromatic heterocycles. The highest BCUT2D eigenvalue weighted by Gasteiger charge is 2.17. The lowest BCUT2D eigenvalue weighted by molar-refractivity contribution is -0.115. The number of amides is 3. The van der Waals surface area contributed by atoms with Gasteiger partial charge in [-0.05, 0) is 92.2 Å². The largest absolute Gasteiger partial charge is 0.494 e. The van der Waals surface area contributed by atoms with E-state index in [-0.39, 0.29) is 11.6 Å². The molecule has 4 aromatic carbocycles. The van der Waals surface area contributed by atoms with Crippen LogP contribution in [0.3, 0.4) is 0 Å². The van der Waals surface area contributed by atoms with Crippen molar-refractivity contribution in [3.63, 3.8) is 0 Å². The van der Waals surface area contributed by atoms with E-state index < -0.39 is 22.9 Å². The first-order valence-corrected chi connectivity index (χ1v) is 14.1. The van der Waals surface area contributed by atoms with Gasteiger partial charge in [-0.2, -0.15) is 0 Å². The summed E-state index contributed by atoms with van der Waals surface area (Å²) >= 11 is 1.34. The van der Waals surface area contributed by atoms with Gasteiger partial charge in [0.25, 0.3) is 11.8 Å². The summed E-state index contributed by atoms with van der Waals surface area (Å²) in [7, 11) is 0. The molecule has 9 heteroatoms. The topological polar surface area (TPSA) is 96.5 Å². The predicted molar refractivity (Wildman–Crippen MR) is 165 cm³/mol. The number of hydrogen-bond acceptors (Lipinski definition) is 5. The Balaban J connectivity index is 1.44. The third-order valence-corrected chi connectivity index (χ3v) is 7.01. The van der Waals surface area contributed by atoms with E-state index in [0.29, 0.717) is 29.1 Å². The van der Waals surface area contributed by atoms with Crippen LogP contribution in [0.5, 0.6) is 5.75 Å². The summed E-state index contributed by atoms with van der Waals surface area (Å²) in [5.41, 5.74) is 2.03. The molecule has 0 aliphatic heterocycles. The van der Waals surface area contributed by atoms with Gasteiger partial charge in [-0.1, -0.05) is 36.4 Å². The molecule has 0 saturated heterocycles. The predicted octanol–water partition coefficient (Wildman–Crippen LogP) is 6.75. The van der Waals surface area contributed by atoms with Gasteiger partial charge in [-0.15, -0.1) is 11.8 Å². The lowest BCUT2D eigenvalue weighted by Crippen LogP contribution is -2.30. The van der Waals surface area contributed by atoms with Crippen LogP contribution in [-0.2, 0) is 9.59 Å². The molecule has 3 N–H and O–H groups in total. The van der Waals surface area contributed by atoms with E-state index >= 15 is 0 Å². The number of rotatable bonds is 11. The molecule has 0 bridgehead atoms. The summed E-state index contributed by atoms with van der Waals surface area (Å²) in [6, 6.07) is 28.3. The summed E-state index contributed by atoms with van der Waals surface area (Å²) in [6.07, 6.45) is 1.47. The molecular formula is C33H30FN3O4S. The van der Waals surface area contributed by atoms with Crippen LogP contribution in [0.1, 0.15) is 29.8 Å². The van der Waals surface area contributed by atoms with Crippen LogP contribution in [0, 0.1) is 5.82 Å². The number of thioether (sulfide) groups is 1. The highest BCUT2D eigenvalue weighted by atomic mass is 32.2. The number of hydrogen-bond donors (Lipinski definition) is 3. The van der Waals surface area contributed by atoms with Crippen molar-refractivity contribution in [2.75, 3.05) is 17.2 Å². The third kappa shape index (κ3) is 8.81. The maximum Gasteiger partial charge on any atom is 0.272 e. The van der Waals surface area contributed by atoms with Crippen molar-refractivity contribution >= 4 is 46.9 Å². The van der Waals surface area contributed by atoms with Gasteiger partial charge in [0, 0.05) is 21.8 Å². The molecule has 3 amide bonds. The Kier molecular flexibility index (Phi) is 10.5. The minimum Gasteiger partial charge on any atom is -0.494 e. The molecule has 0 saturated carbocycles. The summed E-state index contributed by atoms with van der Waals surface area (Å²) in [6.45, 7) is 4.26. The maximum absolute atomic E-state index is 13.4. The lowest BCUT2D eigenvalue weighted by Gasteiger charge is -2.14. The summed E-state index contributed by atoms with van der Waals surface area (Å²) in [5, 5.41) is 7.94. The van der Waals surface area contributed by atoms with E-state index in [1.165, 1.54) is 42.1 Å². The molecule has 0 spiro atoms. The second-order valence-electron chi connectivity index (χ2n) is 9.12. The minimum absolute atomic E-state index is 0.0170. The zero-order chi connectivity index (χ0) is 29.9. The van der Waals surface area contributed by atoms with E-state index in [4.69, 9.17) is 4.74 Å². The van der Waals surface area contributed by atoms with Crippen molar-refractivity contribution in [2.45, 2.75) is 24.0 Å². The molecule has 42 heavy (non-hydrogen) atoms. The molecular weight excluding hydrogens is 553 g/mol. The standard InChI is InChI=1S/C33H30FN3O4S/c1-3-41-28-18-16-26(17-19-28)35-31(38)22(2)42-29-11-7-10-27(21-29)36-33(40)30(20-23-12-14-25(34)15-13-23)37-32(39)24-8-5-4-6-9-24/h4-22H,3H2,1-2H3,(H,35,38)(H,36,40)(H,37,39)/b30-20-. The van der Waals surface area contributed by atoms with Gasteiger partial charge in [0.2, 0.25) is 5.91 Å². The first-order chi connectivity index (χ1) is 20.3. The quantitative estimate of drug-likeness (QED) is 0.134. The van der Waals surface area contributed by atoms with E-state index in [0.717, 1.165) is 10.6 Å². The molecule has 4 rings (SSSR count). The molecule has 0 aliphatic rings. The van der Waals surface area contributed by atoms with Crippen LogP contribution in [-0.4, -0.2) is 29.6 Å². The number of carbonyl (C=O) groups is 3. The Hall–Kier alpha value is -4.89. The van der Waals surface area contributed by atoms with Crippen LogP contribution in [0.15, 0.2) is 114 Å². The van der Waals surface area contributed by atoms with E-state index in [9.17, 15) is 18.8 Å². The molecule has 0 heterocycles. The Morgan fingerprint density at radius 1 is 0.857 bits per heavy atom. The molecule has 1 atom stereocenters. The first-order valence-electron chi connectivity index (χ1n) is 13.3. The molecule has 4 aromatic rings. The van der Waals surface area contributed by atoms with Crippen molar-refractivity contribution in [2.24, 2.45) is 0 Å². The zero-order valence-corrected chi connectivity index (χ0v) is 23.9. The number of benzene rings is 4. The average molecular weight is 584 g/mol. The van der Waals surface area contributed by atoms with Crippen LogP contribution in [0.4, 0.5) is 15.8 Å². The van der Waals surface area contributed by atoms with Gasteiger partial charge in [-0.25, -0.2) is 4.39 Å². The Labute approximate surface area is 248 Å². The van der Waals surface area contributed by atoms with Gasteiger partial charge in [-0.3, -0.25) is 14.4 Å². The third-order valence-electron chi connectivity index (χ3n) is 5.92. The second-order valence-corrected chi connectivity index (χ2v) is 10.5. The SMILES string of the molecule is CCOc1ccc(NC(=O)C(C)Sc2cccc(NC(=O)/C(=C/c3ccc(F)cc3)NC(=O)c3ccccc3)c2)cc1. The molecule has 1 unspecified atom stereocenters. The maximum atomic E-state index is 13.4. The van der Waals surface area contributed by atoms with Crippen molar-refractivity contribution in [3.8, 4) is 5.75 Å². The van der Waals surface area contributed by atoms with Gasteiger partial charge in [0.15, 0.2) is 0 Å². The van der Waals surface area contributed by atoms with Crippen LogP contribution in [0.25, 0.3) is 6.08 Å². The van der Waals surface area contributed by atoms with E-state index in [1.54, 1.807) is 79.7 Å². The van der Waals surface area contributed by atoms with Gasteiger partial charge >= 0.3 is 0 Å². The number of ether oxygens (including phenoxy) is 1. The monoisotopic (exact) mass is 583 g/mol. The number of nitrogens with one attached hydrogen (secondary N) is 3. The Morgan fingerprint density at radius 2 is 1.57 bits per heavy atom. The summed E-state index contributed by atoms with van der Waals surface area (Å²) in [5.74, 6) is -0.884. The Bertz CT molecular complexity index is 1560. The summed E-state index contributed by atoms with van der Waals surface area (Å²) < 4.78 is 18.9. The number of carbonyl (C=O) groups excluding carboxylic acids is 3. The highest BCUT2D eigenvalue weighted by molar-refractivity contribution is 8.00. The van der Waals surface area contributed by atoms with E-state index in [2.05, 4.69) is 16.0 Å². The smallest absolute Gasteiger partial charge is 0.272 e. The van der Waals surface area contributed by atoms with E-state index in [1.807, 2.05) is 13.0 Å². The van der Waals surface area contributed by atoms with Crippen LogP contribution in [0.2, 0.25) is 0 Å². The number of halogens is 1. The minimum atomic E-state index is -0.563. The lowest BCUT2D eigenvalue weighted by atomic mass is 10.1. The van der Waals surface area contributed by atoms with Crippen molar-refractivity contribution in [1.82, 2.24) is 5.32 Å². The van der Waals surface area contributed by atoms with Crippen molar-refractivity contribution < 1.29 is 23.5 Å². The van der Waals surface area contributed by atoms with Gasteiger partial charge < -0.3 is 20.7 Å². The first kappa shape index (κ1) is 30.1. The van der Waals surface area contributed by atoms with Gasteiger partial charge in [0.05, 0.1) is 11.9 Å². The zero-order valence-electron chi connectivity index (χ0n) is 23.1. The fourth-order valence-corrected chi connectivity index (χ4v) is 4.74. The second kappa shape index (κ2) is 14.7. The normalized spacial score (nSPS) is 11.7. The molecule has 214 valence electrons. The number of anilines is 2. The molecule has 0 fully saturated rings.